The summed E-state index contributed by atoms with van der Waals surface area (Å²) in [6.07, 6.45) is 4.23. The van der Waals surface area contributed by atoms with Crippen LogP contribution in [0.4, 0.5) is 0 Å². The van der Waals surface area contributed by atoms with Gasteiger partial charge in [0.05, 0.1) is 18.1 Å². The third-order valence-electron chi connectivity index (χ3n) is 2.87. The fourth-order valence-corrected chi connectivity index (χ4v) is 1.31. The summed E-state index contributed by atoms with van der Waals surface area (Å²) in [7, 11) is 0. The van der Waals surface area contributed by atoms with Crippen molar-refractivity contribution < 1.29 is 19.1 Å². The maximum Gasteiger partial charge on any atom is 0.337 e. The molecular weight excluding hydrogens is 256 g/mol. The zero-order valence-electron chi connectivity index (χ0n) is 13.4. The van der Waals surface area contributed by atoms with E-state index in [1.165, 1.54) is 0 Å². The quantitative estimate of drug-likeness (QED) is 0.480. The number of allylic oxidation sites excluding steroid dienone is 1. The van der Waals surface area contributed by atoms with Crippen molar-refractivity contribution in [3.63, 3.8) is 0 Å². The minimum atomic E-state index is -0.385. The Labute approximate surface area is 122 Å². The van der Waals surface area contributed by atoms with E-state index in [-0.39, 0.29) is 30.4 Å². The van der Waals surface area contributed by atoms with Crippen molar-refractivity contribution in [3.8, 4) is 0 Å². The van der Waals surface area contributed by atoms with Gasteiger partial charge in [-0.2, -0.15) is 0 Å². The third kappa shape index (κ3) is 7.97. The summed E-state index contributed by atoms with van der Waals surface area (Å²) in [5.41, 5.74) is 0.434. The molecule has 0 aromatic rings. The molecule has 0 aliphatic heterocycles. The van der Waals surface area contributed by atoms with Gasteiger partial charge < -0.3 is 9.47 Å². The Hall–Kier alpha value is -1.32. The normalized spacial score (nSPS) is 13.2. The molecule has 0 aliphatic rings. The SMILES string of the molecule is CCCC=C(COC(=O)C(C)CC)C(=O)OCC(C)C. The number of hydrogen-bond acceptors (Lipinski definition) is 4. The standard InChI is InChI=1S/C16H28O4/c1-6-8-9-14(16(18)19-10-12(3)4)11-20-15(17)13(5)7-2/h9,12-13H,6-8,10-11H2,1-5H3. The number of ether oxygens (including phenoxy) is 2. The first-order valence-electron chi connectivity index (χ1n) is 7.45. The highest BCUT2D eigenvalue weighted by atomic mass is 16.5. The second kappa shape index (κ2) is 10.5. The summed E-state index contributed by atoms with van der Waals surface area (Å²) < 4.78 is 10.4. The highest BCUT2D eigenvalue weighted by molar-refractivity contribution is 5.89. The fourth-order valence-electron chi connectivity index (χ4n) is 1.31. The number of carbonyl (C=O) groups excluding carboxylic acids is 2. The Kier molecular flexibility index (Phi) is 9.77. The molecular formula is C16H28O4. The van der Waals surface area contributed by atoms with Crippen LogP contribution in [-0.4, -0.2) is 25.2 Å². The molecule has 20 heavy (non-hydrogen) atoms. The van der Waals surface area contributed by atoms with Gasteiger partial charge in [0.15, 0.2) is 0 Å². The monoisotopic (exact) mass is 284 g/mol. The van der Waals surface area contributed by atoms with E-state index >= 15 is 0 Å². The maximum atomic E-state index is 11.9. The summed E-state index contributed by atoms with van der Waals surface area (Å²) in [5, 5.41) is 0. The first-order valence-corrected chi connectivity index (χ1v) is 7.45. The molecule has 0 radical (unpaired) electrons. The van der Waals surface area contributed by atoms with Crippen LogP contribution in [0.1, 0.15) is 53.9 Å². The molecule has 0 spiro atoms. The molecule has 0 rings (SSSR count). The molecule has 0 aromatic carbocycles. The van der Waals surface area contributed by atoms with Crippen LogP contribution >= 0.6 is 0 Å². The van der Waals surface area contributed by atoms with Crippen LogP contribution in [0.25, 0.3) is 0 Å². The lowest BCUT2D eigenvalue weighted by molar-refractivity contribution is -0.148. The van der Waals surface area contributed by atoms with Gasteiger partial charge in [-0.1, -0.05) is 47.1 Å². The zero-order chi connectivity index (χ0) is 15.5. The number of hydrogen-bond donors (Lipinski definition) is 0. The second-order valence-corrected chi connectivity index (χ2v) is 5.43. The first kappa shape index (κ1) is 18.7. The van der Waals surface area contributed by atoms with E-state index in [4.69, 9.17) is 9.47 Å². The second-order valence-electron chi connectivity index (χ2n) is 5.43. The molecule has 1 unspecified atom stereocenters. The van der Waals surface area contributed by atoms with Crippen molar-refractivity contribution >= 4 is 11.9 Å². The highest BCUT2D eigenvalue weighted by Gasteiger charge is 2.17. The topological polar surface area (TPSA) is 52.6 Å². The van der Waals surface area contributed by atoms with E-state index in [0.717, 1.165) is 19.3 Å². The Balaban J connectivity index is 4.49. The molecule has 0 fully saturated rings. The molecule has 0 heterocycles. The van der Waals surface area contributed by atoms with E-state index in [2.05, 4.69) is 0 Å². The Morgan fingerprint density at radius 1 is 1.10 bits per heavy atom. The van der Waals surface area contributed by atoms with Gasteiger partial charge in [-0.05, 0) is 18.8 Å². The van der Waals surface area contributed by atoms with Crippen LogP contribution in [0.2, 0.25) is 0 Å². The lowest BCUT2D eigenvalue weighted by Gasteiger charge is -2.12. The fraction of sp³-hybridized carbons (Fsp3) is 0.750. The van der Waals surface area contributed by atoms with Crippen molar-refractivity contribution in [2.24, 2.45) is 11.8 Å². The Morgan fingerprint density at radius 2 is 1.75 bits per heavy atom. The van der Waals surface area contributed by atoms with Gasteiger partial charge in [0.2, 0.25) is 0 Å². The van der Waals surface area contributed by atoms with Crippen LogP contribution < -0.4 is 0 Å². The molecule has 1 atom stereocenters. The molecule has 116 valence electrons. The molecule has 0 saturated heterocycles. The molecule has 0 saturated carbocycles. The lowest BCUT2D eigenvalue weighted by atomic mass is 10.1. The van der Waals surface area contributed by atoms with Gasteiger partial charge >= 0.3 is 11.9 Å². The van der Waals surface area contributed by atoms with Crippen molar-refractivity contribution in [2.75, 3.05) is 13.2 Å². The average Bonchev–Trinajstić information content (AvgIpc) is 2.43. The third-order valence-corrected chi connectivity index (χ3v) is 2.87. The number of esters is 2. The Bertz CT molecular complexity index is 331. The van der Waals surface area contributed by atoms with Crippen LogP contribution in [0.5, 0.6) is 0 Å². The molecule has 0 aromatic heterocycles. The summed E-state index contributed by atoms with van der Waals surface area (Å²) in [6, 6.07) is 0. The largest absolute Gasteiger partial charge is 0.462 e. The number of carbonyl (C=O) groups is 2. The van der Waals surface area contributed by atoms with Crippen molar-refractivity contribution in [3.05, 3.63) is 11.6 Å². The van der Waals surface area contributed by atoms with Gasteiger partial charge in [0.1, 0.15) is 6.61 Å². The highest BCUT2D eigenvalue weighted by Crippen LogP contribution is 2.08. The predicted molar refractivity (Wildman–Crippen MR) is 79.2 cm³/mol. The minimum absolute atomic E-state index is 0.000101. The van der Waals surface area contributed by atoms with Crippen molar-refractivity contribution in [2.45, 2.75) is 53.9 Å². The van der Waals surface area contributed by atoms with Gasteiger partial charge in [-0.3, -0.25) is 4.79 Å². The predicted octanol–water partition coefficient (Wildman–Crippen LogP) is 3.50. The van der Waals surface area contributed by atoms with Crippen LogP contribution in [0, 0.1) is 11.8 Å². The minimum Gasteiger partial charge on any atom is -0.462 e. The molecule has 0 aliphatic carbocycles. The van der Waals surface area contributed by atoms with Crippen LogP contribution in [-0.2, 0) is 19.1 Å². The summed E-state index contributed by atoms with van der Waals surface area (Å²) in [5.74, 6) is -0.515. The van der Waals surface area contributed by atoms with Gasteiger partial charge in [0, 0.05) is 0 Å². The summed E-state index contributed by atoms with van der Waals surface area (Å²) in [6.45, 7) is 10.1. The van der Waals surface area contributed by atoms with Crippen LogP contribution in [0.3, 0.4) is 0 Å². The Morgan fingerprint density at radius 3 is 2.25 bits per heavy atom. The van der Waals surface area contributed by atoms with E-state index in [9.17, 15) is 9.59 Å². The number of unbranched alkanes of at least 4 members (excludes halogenated alkanes) is 1. The molecule has 0 bridgehead atoms. The number of rotatable bonds is 9. The average molecular weight is 284 g/mol. The van der Waals surface area contributed by atoms with E-state index in [1.807, 2.05) is 34.6 Å². The smallest absolute Gasteiger partial charge is 0.337 e. The van der Waals surface area contributed by atoms with Gasteiger partial charge in [0.25, 0.3) is 0 Å². The zero-order valence-corrected chi connectivity index (χ0v) is 13.4. The van der Waals surface area contributed by atoms with E-state index < -0.39 is 0 Å². The van der Waals surface area contributed by atoms with E-state index in [0.29, 0.717) is 12.2 Å². The molecule has 4 heteroatoms. The van der Waals surface area contributed by atoms with Crippen molar-refractivity contribution in [1.29, 1.82) is 0 Å². The summed E-state index contributed by atoms with van der Waals surface area (Å²) >= 11 is 0. The lowest BCUT2D eigenvalue weighted by Crippen LogP contribution is -2.20. The molecule has 4 nitrogen and oxygen atoms in total. The summed E-state index contributed by atoms with van der Waals surface area (Å²) in [4.78, 5) is 23.6. The van der Waals surface area contributed by atoms with E-state index in [1.54, 1.807) is 6.08 Å². The van der Waals surface area contributed by atoms with Gasteiger partial charge in [-0.25, -0.2) is 4.79 Å². The van der Waals surface area contributed by atoms with Crippen molar-refractivity contribution in [1.82, 2.24) is 0 Å². The van der Waals surface area contributed by atoms with Gasteiger partial charge in [-0.15, -0.1) is 0 Å². The molecule has 0 amide bonds. The molecule has 0 N–H and O–H groups in total. The maximum absolute atomic E-state index is 11.9. The first-order chi connectivity index (χ1) is 9.42. The van der Waals surface area contributed by atoms with Crippen LogP contribution in [0.15, 0.2) is 11.6 Å².